The van der Waals surface area contributed by atoms with E-state index in [4.69, 9.17) is 17.0 Å². The maximum Gasteiger partial charge on any atom is 0.257 e. The molecule has 2 aromatic rings. The average molecular weight is 371 g/mol. The molecule has 0 fully saturated rings. The highest BCUT2D eigenvalue weighted by Gasteiger charge is 2.09. The Labute approximate surface area is 161 Å². The molecule has 2 rings (SSSR count). The molecule has 5 heteroatoms. The van der Waals surface area contributed by atoms with E-state index in [-0.39, 0.29) is 17.1 Å². The van der Waals surface area contributed by atoms with Gasteiger partial charge in [-0.25, -0.2) is 0 Å². The molecule has 0 saturated heterocycles. The summed E-state index contributed by atoms with van der Waals surface area (Å²) in [6.07, 6.45) is 1.08. The molecule has 0 saturated carbocycles. The van der Waals surface area contributed by atoms with Gasteiger partial charge in [-0.3, -0.25) is 10.1 Å². The van der Waals surface area contributed by atoms with Crippen LogP contribution in [-0.4, -0.2) is 17.1 Å². The summed E-state index contributed by atoms with van der Waals surface area (Å²) >= 11 is 5.25. The first kappa shape index (κ1) is 19.9. The first-order chi connectivity index (χ1) is 12.4. The molecule has 0 aliphatic rings. The van der Waals surface area contributed by atoms with Gasteiger partial charge in [0.25, 0.3) is 5.91 Å². The maximum absolute atomic E-state index is 12.3. The Kier molecular flexibility index (Phi) is 7.16. The fourth-order valence-electron chi connectivity index (χ4n) is 2.32. The minimum absolute atomic E-state index is 0.144. The molecule has 4 nitrogen and oxygen atoms in total. The first-order valence-corrected chi connectivity index (χ1v) is 9.29. The highest BCUT2D eigenvalue weighted by molar-refractivity contribution is 7.80. The summed E-state index contributed by atoms with van der Waals surface area (Å²) in [5.74, 6) is 0.965. The van der Waals surface area contributed by atoms with Crippen molar-refractivity contribution in [3.63, 3.8) is 0 Å². The van der Waals surface area contributed by atoms with Gasteiger partial charge in [-0.05, 0) is 61.3 Å². The number of rotatable bonds is 6. The van der Waals surface area contributed by atoms with Crippen LogP contribution in [-0.2, 0) is 0 Å². The van der Waals surface area contributed by atoms with Gasteiger partial charge in [-0.2, -0.15) is 0 Å². The molecule has 0 spiro atoms. The molecule has 0 radical (unpaired) electrons. The Morgan fingerprint density at radius 2 is 1.81 bits per heavy atom. The van der Waals surface area contributed by atoms with Crippen molar-refractivity contribution in [1.29, 1.82) is 0 Å². The molecule has 0 aliphatic heterocycles. The van der Waals surface area contributed by atoms with E-state index in [1.165, 1.54) is 5.56 Å². The van der Waals surface area contributed by atoms with Crippen LogP contribution in [0.4, 0.5) is 5.69 Å². The predicted molar refractivity (Wildman–Crippen MR) is 111 cm³/mol. The van der Waals surface area contributed by atoms with Crippen molar-refractivity contribution in [3.8, 4) is 5.75 Å². The van der Waals surface area contributed by atoms with Crippen molar-refractivity contribution < 1.29 is 9.53 Å². The van der Waals surface area contributed by atoms with Gasteiger partial charge in [0.2, 0.25) is 0 Å². The van der Waals surface area contributed by atoms with Crippen molar-refractivity contribution in [3.05, 3.63) is 59.7 Å². The number of hydrogen-bond acceptors (Lipinski definition) is 3. The number of hydrogen-bond donors (Lipinski definition) is 2. The molecule has 1 atom stereocenters. The Morgan fingerprint density at radius 1 is 1.12 bits per heavy atom. The van der Waals surface area contributed by atoms with E-state index in [2.05, 4.69) is 31.4 Å². The van der Waals surface area contributed by atoms with E-state index < -0.39 is 0 Å². The van der Waals surface area contributed by atoms with Crippen LogP contribution in [0.5, 0.6) is 5.75 Å². The lowest BCUT2D eigenvalue weighted by molar-refractivity contribution is 0.0977. The lowest BCUT2D eigenvalue weighted by Gasteiger charge is -2.14. The molecule has 138 valence electrons. The number of anilines is 1. The van der Waals surface area contributed by atoms with Crippen molar-refractivity contribution >= 4 is 28.9 Å². The highest BCUT2D eigenvalue weighted by atomic mass is 32.1. The summed E-state index contributed by atoms with van der Waals surface area (Å²) in [4.78, 5) is 12.3. The van der Waals surface area contributed by atoms with Gasteiger partial charge in [0.15, 0.2) is 5.11 Å². The topological polar surface area (TPSA) is 50.4 Å². The quantitative estimate of drug-likeness (QED) is 0.694. The van der Waals surface area contributed by atoms with Gasteiger partial charge in [0, 0.05) is 17.3 Å². The van der Waals surface area contributed by atoms with Gasteiger partial charge in [0.05, 0.1) is 6.10 Å². The van der Waals surface area contributed by atoms with Crippen LogP contribution in [0.1, 0.15) is 56.0 Å². The SMILES string of the molecule is CCC(C)Oc1cccc(NC(=S)NC(=O)c2ccc(C(C)C)cc2)c1. The summed E-state index contributed by atoms with van der Waals surface area (Å²) in [6, 6.07) is 15.1. The molecule has 26 heavy (non-hydrogen) atoms. The number of ether oxygens (including phenoxy) is 1. The fourth-order valence-corrected chi connectivity index (χ4v) is 2.53. The number of amides is 1. The third kappa shape index (κ3) is 5.85. The minimum atomic E-state index is -0.232. The third-order valence-electron chi connectivity index (χ3n) is 4.07. The van der Waals surface area contributed by atoms with Crippen molar-refractivity contribution in [2.75, 3.05) is 5.32 Å². The van der Waals surface area contributed by atoms with Crippen molar-refractivity contribution in [2.45, 2.75) is 46.1 Å². The number of nitrogens with one attached hydrogen (secondary N) is 2. The molecule has 0 aromatic heterocycles. The predicted octanol–water partition coefficient (Wildman–Crippen LogP) is 5.11. The standard InChI is InChI=1S/C21H26N2O2S/c1-5-15(4)25-19-8-6-7-18(13-19)22-21(26)23-20(24)17-11-9-16(10-12-17)14(2)3/h6-15H,5H2,1-4H3,(H2,22,23,24,26). The Morgan fingerprint density at radius 3 is 2.42 bits per heavy atom. The fraction of sp³-hybridized carbons (Fsp3) is 0.333. The van der Waals surface area contributed by atoms with E-state index in [9.17, 15) is 4.79 Å². The van der Waals surface area contributed by atoms with Crippen LogP contribution in [0, 0.1) is 0 Å². The van der Waals surface area contributed by atoms with Crippen molar-refractivity contribution in [2.24, 2.45) is 0 Å². The molecule has 0 aliphatic carbocycles. The third-order valence-corrected chi connectivity index (χ3v) is 4.27. The van der Waals surface area contributed by atoms with Crippen LogP contribution in [0.25, 0.3) is 0 Å². The van der Waals surface area contributed by atoms with Crippen LogP contribution in [0.3, 0.4) is 0 Å². The second kappa shape index (κ2) is 9.34. The van der Waals surface area contributed by atoms with Crippen LogP contribution < -0.4 is 15.4 Å². The zero-order chi connectivity index (χ0) is 19.1. The largest absolute Gasteiger partial charge is 0.491 e. The normalized spacial score (nSPS) is 11.7. The maximum atomic E-state index is 12.3. The smallest absolute Gasteiger partial charge is 0.257 e. The second-order valence-corrected chi connectivity index (χ2v) is 6.96. The summed E-state index contributed by atoms with van der Waals surface area (Å²) in [5.41, 5.74) is 2.54. The van der Waals surface area contributed by atoms with E-state index in [0.717, 1.165) is 17.9 Å². The molecule has 1 unspecified atom stereocenters. The highest BCUT2D eigenvalue weighted by Crippen LogP contribution is 2.19. The zero-order valence-corrected chi connectivity index (χ0v) is 16.5. The molecule has 0 heterocycles. The summed E-state index contributed by atoms with van der Waals surface area (Å²) in [6.45, 7) is 8.33. The van der Waals surface area contributed by atoms with Gasteiger partial charge >= 0.3 is 0 Å². The Bertz CT molecular complexity index is 757. The lowest BCUT2D eigenvalue weighted by atomic mass is 10.0. The van der Waals surface area contributed by atoms with Gasteiger partial charge < -0.3 is 10.1 Å². The van der Waals surface area contributed by atoms with Gasteiger partial charge in [-0.1, -0.05) is 39.0 Å². The van der Waals surface area contributed by atoms with Crippen molar-refractivity contribution in [1.82, 2.24) is 5.32 Å². The molecule has 2 aromatic carbocycles. The van der Waals surface area contributed by atoms with E-state index in [0.29, 0.717) is 11.5 Å². The zero-order valence-electron chi connectivity index (χ0n) is 15.7. The monoisotopic (exact) mass is 370 g/mol. The van der Waals surface area contributed by atoms with Crippen LogP contribution in [0.2, 0.25) is 0 Å². The van der Waals surface area contributed by atoms with Gasteiger partial charge in [0.1, 0.15) is 5.75 Å². The molecule has 0 bridgehead atoms. The number of benzene rings is 2. The van der Waals surface area contributed by atoms with Crippen LogP contribution in [0.15, 0.2) is 48.5 Å². The summed E-state index contributed by atoms with van der Waals surface area (Å²) in [7, 11) is 0. The second-order valence-electron chi connectivity index (χ2n) is 6.55. The average Bonchev–Trinajstić information content (AvgIpc) is 2.61. The number of carbonyl (C=O) groups is 1. The number of thiocarbonyl (C=S) groups is 1. The molecular weight excluding hydrogens is 344 g/mol. The summed E-state index contributed by atoms with van der Waals surface area (Å²) < 4.78 is 5.80. The van der Waals surface area contributed by atoms with Crippen LogP contribution >= 0.6 is 12.2 Å². The number of carbonyl (C=O) groups excluding carboxylic acids is 1. The molecular formula is C21H26N2O2S. The molecule has 2 N–H and O–H groups in total. The Balaban J connectivity index is 1.95. The Hall–Kier alpha value is -2.40. The summed E-state index contributed by atoms with van der Waals surface area (Å²) in [5, 5.41) is 5.98. The van der Waals surface area contributed by atoms with E-state index >= 15 is 0 Å². The lowest BCUT2D eigenvalue weighted by Crippen LogP contribution is -2.34. The van der Waals surface area contributed by atoms with E-state index in [1.54, 1.807) is 0 Å². The van der Waals surface area contributed by atoms with Gasteiger partial charge in [-0.15, -0.1) is 0 Å². The minimum Gasteiger partial charge on any atom is -0.491 e. The molecule has 1 amide bonds. The first-order valence-electron chi connectivity index (χ1n) is 8.88. The van der Waals surface area contributed by atoms with E-state index in [1.807, 2.05) is 55.5 Å².